The van der Waals surface area contributed by atoms with E-state index < -0.39 is 20.7 Å². The Hall–Kier alpha value is -2.42. The van der Waals surface area contributed by atoms with Crippen molar-refractivity contribution < 1.29 is 27.4 Å². The van der Waals surface area contributed by atoms with Gasteiger partial charge in [-0.1, -0.05) is 30.3 Å². The summed E-state index contributed by atoms with van der Waals surface area (Å²) < 4.78 is 41.4. The van der Waals surface area contributed by atoms with Crippen molar-refractivity contribution in [3.8, 4) is 16.9 Å². The van der Waals surface area contributed by atoms with Crippen LogP contribution in [0.2, 0.25) is 0 Å². The molecule has 3 rings (SSSR count). The lowest BCUT2D eigenvalue weighted by Gasteiger charge is -2.35. The Morgan fingerprint density at radius 3 is 2.38 bits per heavy atom. The summed E-state index contributed by atoms with van der Waals surface area (Å²) in [7, 11) is -0.943. The van der Waals surface area contributed by atoms with Crippen molar-refractivity contribution in [3.63, 3.8) is 0 Å². The van der Waals surface area contributed by atoms with Crippen LogP contribution in [0.5, 0.6) is 5.75 Å². The number of esters is 1. The average molecular weight is 490 g/mol. The predicted molar refractivity (Wildman–Crippen MR) is 133 cm³/mol. The molecule has 0 spiro atoms. The van der Waals surface area contributed by atoms with Crippen LogP contribution in [-0.4, -0.2) is 64.0 Å². The first-order chi connectivity index (χ1) is 16.1. The third kappa shape index (κ3) is 5.45. The van der Waals surface area contributed by atoms with Gasteiger partial charge in [-0.05, 0) is 73.9 Å². The standard InChI is InChI=1S/C26H35NO6S/c1-19-17-21(9-10-24(19)22-7-6-8-23(18-22)33-16-15-31-4)20-11-13-27(14-12-20)34(29,30)26(2,3)25(28)32-5/h6-10,17-18,20H,11-16H2,1-5H3. The van der Waals surface area contributed by atoms with E-state index in [1.807, 2.05) is 18.2 Å². The second-order valence-electron chi connectivity index (χ2n) is 9.12. The van der Waals surface area contributed by atoms with Gasteiger partial charge in [0.25, 0.3) is 0 Å². The Bertz CT molecular complexity index is 1100. The van der Waals surface area contributed by atoms with E-state index in [0.717, 1.165) is 22.4 Å². The third-order valence-corrected chi connectivity index (χ3v) is 9.04. The summed E-state index contributed by atoms with van der Waals surface area (Å²) in [5.74, 6) is 0.333. The maximum Gasteiger partial charge on any atom is 0.328 e. The highest BCUT2D eigenvalue weighted by Gasteiger charge is 2.47. The summed E-state index contributed by atoms with van der Waals surface area (Å²) in [4.78, 5) is 12.0. The molecule has 1 fully saturated rings. The molecule has 1 saturated heterocycles. The van der Waals surface area contributed by atoms with Gasteiger partial charge in [0.05, 0.1) is 13.7 Å². The van der Waals surface area contributed by atoms with E-state index in [0.29, 0.717) is 39.1 Å². The van der Waals surface area contributed by atoms with Gasteiger partial charge in [0.2, 0.25) is 10.0 Å². The smallest absolute Gasteiger partial charge is 0.328 e. The van der Waals surface area contributed by atoms with Crippen LogP contribution in [-0.2, 0) is 24.3 Å². The normalized spacial score (nSPS) is 15.8. The number of hydrogen-bond acceptors (Lipinski definition) is 6. The zero-order valence-corrected chi connectivity index (χ0v) is 21.5. The molecule has 0 N–H and O–H groups in total. The van der Waals surface area contributed by atoms with E-state index in [4.69, 9.17) is 14.2 Å². The zero-order valence-electron chi connectivity index (χ0n) is 20.7. The Morgan fingerprint density at radius 1 is 1.06 bits per heavy atom. The van der Waals surface area contributed by atoms with Gasteiger partial charge >= 0.3 is 5.97 Å². The SMILES string of the molecule is COCCOc1cccc(-c2ccc(C3CCN(S(=O)(=O)C(C)(C)C(=O)OC)CC3)cc2C)c1. The van der Waals surface area contributed by atoms with Gasteiger partial charge in [0, 0.05) is 20.2 Å². The number of methoxy groups -OCH3 is 2. The summed E-state index contributed by atoms with van der Waals surface area (Å²) in [6, 6.07) is 14.5. The molecule has 1 aliphatic heterocycles. The van der Waals surface area contributed by atoms with Crippen molar-refractivity contribution >= 4 is 16.0 Å². The van der Waals surface area contributed by atoms with Gasteiger partial charge in [0.15, 0.2) is 4.75 Å². The van der Waals surface area contributed by atoms with E-state index in [1.165, 1.54) is 30.8 Å². The molecule has 34 heavy (non-hydrogen) atoms. The molecular weight excluding hydrogens is 454 g/mol. The fourth-order valence-electron chi connectivity index (χ4n) is 4.36. The Balaban J connectivity index is 1.70. The maximum atomic E-state index is 13.0. The number of nitrogens with zero attached hydrogens (tertiary/aromatic N) is 1. The van der Waals surface area contributed by atoms with Gasteiger partial charge in [0.1, 0.15) is 12.4 Å². The van der Waals surface area contributed by atoms with Gasteiger partial charge in [-0.15, -0.1) is 0 Å². The van der Waals surface area contributed by atoms with E-state index in [1.54, 1.807) is 7.11 Å². The quantitative estimate of drug-likeness (QED) is 0.389. The summed E-state index contributed by atoms with van der Waals surface area (Å²) in [6.07, 6.45) is 1.41. The largest absolute Gasteiger partial charge is 0.491 e. The lowest BCUT2D eigenvalue weighted by atomic mass is 9.87. The molecular formula is C26H35NO6S. The number of sulfonamides is 1. The highest BCUT2D eigenvalue weighted by molar-refractivity contribution is 7.91. The van der Waals surface area contributed by atoms with Crippen LogP contribution in [0.4, 0.5) is 0 Å². The first kappa shape index (κ1) is 26.2. The Morgan fingerprint density at radius 2 is 1.76 bits per heavy atom. The fraction of sp³-hybridized carbons (Fsp3) is 0.500. The third-order valence-electron chi connectivity index (χ3n) is 6.54. The number of carbonyl (C=O) groups is 1. The van der Waals surface area contributed by atoms with E-state index in [9.17, 15) is 13.2 Å². The first-order valence-electron chi connectivity index (χ1n) is 11.5. The Labute approximate surface area is 203 Å². The minimum Gasteiger partial charge on any atom is -0.491 e. The van der Waals surface area contributed by atoms with Crippen LogP contribution < -0.4 is 4.74 Å². The van der Waals surface area contributed by atoms with Crippen LogP contribution in [0, 0.1) is 6.92 Å². The zero-order chi connectivity index (χ0) is 24.9. The molecule has 0 saturated carbocycles. The minimum absolute atomic E-state index is 0.268. The molecule has 0 bridgehead atoms. The van der Waals surface area contributed by atoms with Crippen LogP contribution in [0.1, 0.15) is 43.7 Å². The van der Waals surface area contributed by atoms with Crippen molar-refractivity contribution in [2.24, 2.45) is 0 Å². The molecule has 0 amide bonds. The summed E-state index contributed by atoms with van der Waals surface area (Å²) >= 11 is 0. The maximum absolute atomic E-state index is 13.0. The highest BCUT2D eigenvalue weighted by Crippen LogP contribution is 2.35. The lowest BCUT2D eigenvalue weighted by Crippen LogP contribution is -2.52. The molecule has 7 nitrogen and oxygen atoms in total. The van der Waals surface area contributed by atoms with Gasteiger partial charge in [-0.3, -0.25) is 4.79 Å². The molecule has 0 aromatic heterocycles. The number of hydrogen-bond donors (Lipinski definition) is 0. The number of aryl methyl sites for hydroxylation is 1. The number of rotatable bonds is 9. The average Bonchev–Trinajstić information content (AvgIpc) is 2.83. The van der Waals surface area contributed by atoms with Gasteiger partial charge in [-0.2, -0.15) is 0 Å². The molecule has 0 atom stereocenters. The lowest BCUT2D eigenvalue weighted by molar-refractivity contribution is -0.142. The predicted octanol–water partition coefficient (Wildman–Crippen LogP) is 4.15. The molecule has 0 radical (unpaired) electrons. The summed E-state index contributed by atoms with van der Waals surface area (Å²) in [6.45, 7) is 6.71. The van der Waals surface area contributed by atoms with Crippen molar-refractivity contribution in [2.75, 3.05) is 40.5 Å². The molecule has 2 aromatic rings. The van der Waals surface area contributed by atoms with Crippen molar-refractivity contribution in [1.29, 1.82) is 0 Å². The van der Waals surface area contributed by atoms with Gasteiger partial charge < -0.3 is 14.2 Å². The second kappa shape index (κ2) is 10.9. The second-order valence-corrected chi connectivity index (χ2v) is 11.6. The van der Waals surface area contributed by atoms with Crippen LogP contribution in [0.25, 0.3) is 11.1 Å². The fourth-order valence-corrected chi connectivity index (χ4v) is 6.00. The first-order valence-corrected chi connectivity index (χ1v) is 13.0. The molecule has 2 aromatic carbocycles. The highest BCUT2D eigenvalue weighted by atomic mass is 32.2. The van der Waals surface area contributed by atoms with E-state index in [2.05, 4.69) is 31.2 Å². The molecule has 186 valence electrons. The van der Waals surface area contributed by atoms with Gasteiger partial charge in [-0.25, -0.2) is 12.7 Å². The molecule has 0 unspecified atom stereocenters. The van der Waals surface area contributed by atoms with Crippen molar-refractivity contribution in [3.05, 3.63) is 53.6 Å². The van der Waals surface area contributed by atoms with Crippen LogP contribution in [0.3, 0.4) is 0 Å². The van der Waals surface area contributed by atoms with Crippen molar-refractivity contribution in [2.45, 2.75) is 44.3 Å². The molecule has 8 heteroatoms. The monoisotopic (exact) mass is 489 g/mol. The number of ether oxygens (including phenoxy) is 3. The van der Waals surface area contributed by atoms with E-state index in [-0.39, 0.29) is 5.92 Å². The molecule has 0 aliphatic carbocycles. The van der Waals surface area contributed by atoms with Crippen LogP contribution in [0.15, 0.2) is 42.5 Å². The topological polar surface area (TPSA) is 82.1 Å². The minimum atomic E-state index is -3.80. The van der Waals surface area contributed by atoms with Crippen LogP contribution >= 0.6 is 0 Å². The number of benzene rings is 2. The van der Waals surface area contributed by atoms with Crippen molar-refractivity contribution in [1.82, 2.24) is 4.31 Å². The molecule has 1 heterocycles. The number of carbonyl (C=O) groups excluding carboxylic acids is 1. The summed E-state index contributed by atoms with van der Waals surface area (Å²) in [5.41, 5.74) is 4.59. The molecule has 1 aliphatic rings. The Kier molecular flexibility index (Phi) is 8.38. The van der Waals surface area contributed by atoms with E-state index >= 15 is 0 Å². The summed E-state index contributed by atoms with van der Waals surface area (Å²) in [5, 5.41) is 0. The number of piperidine rings is 1.